The van der Waals surface area contributed by atoms with E-state index < -0.39 is 0 Å². The van der Waals surface area contributed by atoms with E-state index in [0.717, 1.165) is 46.9 Å². The first-order valence-corrected chi connectivity index (χ1v) is 16.2. The van der Waals surface area contributed by atoms with Crippen LogP contribution in [0, 0.1) is 16.4 Å². The van der Waals surface area contributed by atoms with Gasteiger partial charge in [-0.2, -0.15) is 0 Å². The molecule has 1 fully saturated rings. The van der Waals surface area contributed by atoms with Crippen molar-refractivity contribution < 1.29 is 8.81 Å². The van der Waals surface area contributed by atoms with Gasteiger partial charge in [-0.05, 0) is 85.2 Å². The highest BCUT2D eigenvalue weighted by Gasteiger charge is 2.23. The van der Waals surface area contributed by atoms with E-state index in [9.17, 15) is 0 Å². The second-order valence-corrected chi connectivity index (χ2v) is 12.3. The number of benzene rings is 2. The highest BCUT2D eigenvalue weighted by Crippen LogP contribution is 2.40. The second kappa shape index (κ2) is 15.2. The van der Waals surface area contributed by atoms with Crippen molar-refractivity contribution in [1.29, 1.82) is 0 Å². The summed E-state index contributed by atoms with van der Waals surface area (Å²) in [5, 5.41) is 2.82. The molecule has 0 bridgehead atoms. The molecule has 0 amide bonds. The van der Waals surface area contributed by atoms with Crippen molar-refractivity contribution in [2.75, 3.05) is 0 Å². The summed E-state index contributed by atoms with van der Waals surface area (Å²) in [7, 11) is 0. The van der Waals surface area contributed by atoms with Gasteiger partial charge < -0.3 is 4.42 Å². The minimum atomic E-state index is -0.222. The van der Waals surface area contributed by atoms with Gasteiger partial charge in [0.15, 0.2) is 16.1 Å². The van der Waals surface area contributed by atoms with Crippen molar-refractivity contribution in [2.24, 2.45) is 5.92 Å². The quantitative estimate of drug-likeness (QED) is 0.109. The third-order valence-corrected chi connectivity index (χ3v) is 9.31. The molecular weight excluding hydrogens is 487 g/mol. The predicted octanol–water partition coefficient (Wildman–Crippen LogP) is 12.4. The first-order valence-electron chi connectivity index (χ1n) is 15.8. The molecular formula is C35H49FOS. The van der Waals surface area contributed by atoms with Crippen molar-refractivity contribution in [3.8, 4) is 0 Å². The van der Waals surface area contributed by atoms with E-state index in [1.54, 1.807) is 0 Å². The Bertz CT molecular complexity index is 1200. The molecule has 1 aromatic heterocycles. The lowest BCUT2D eigenvalue weighted by molar-refractivity contribution is 0.302. The molecule has 0 radical (unpaired) electrons. The Labute approximate surface area is 235 Å². The van der Waals surface area contributed by atoms with Crippen LogP contribution in [-0.2, 0) is 6.42 Å². The Morgan fingerprint density at radius 3 is 2.08 bits per heavy atom. The zero-order valence-corrected chi connectivity index (χ0v) is 24.8. The maximum absolute atomic E-state index is 15.5. The molecule has 2 aromatic carbocycles. The molecule has 1 heterocycles. The summed E-state index contributed by atoms with van der Waals surface area (Å²) in [5.41, 5.74) is 2.45. The zero-order valence-electron chi connectivity index (χ0n) is 24.0. The van der Waals surface area contributed by atoms with Gasteiger partial charge in [0, 0.05) is 10.8 Å². The molecule has 0 atom stereocenters. The summed E-state index contributed by atoms with van der Waals surface area (Å²) in [4.78, 5) is 0. The molecule has 1 nitrogen and oxygen atoms in total. The van der Waals surface area contributed by atoms with Crippen molar-refractivity contribution in [2.45, 2.75) is 135 Å². The SMILES string of the molecule is CCCCCCCCCCc1ccc2c(oc(=S)c3cc(C4CCC(CCCCCC)CC4)ccc32)c1F. The van der Waals surface area contributed by atoms with Crippen molar-refractivity contribution >= 4 is 34.0 Å². The number of fused-ring (bicyclic) bond motifs is 3. The van der Waals surface area contributed by atoms with E-state index in [4.69, 9.17) is 16.6 Å². The van der Waals surface area contributed by atoms with Crippen LogP contribution < -0.4 is 0 Å². The highest BCUT2D eigenvalue weighted by molar-refractivity contribution is 7.71. The van der Waals surface area contributed by atoms with Crippen LogP contribution >= 0.6 is 12.2 Å². The van der Waals surface area contributed by atoms with Crippen LogP contribution in [0.1, 0.15) is 140 Å². The highest BCUT2D eigenvalue weighted by atomic mass is 32.1. The lowest BCUT2D eigenvalue weighted by atomic mass is 9.77. The lowest BCUT2D eigenvalue weighted by Crippen LogP contribution is -2.13. The van der Waals surface area contributed by atoms with Gasteiger partial charge in [0.1, 0.15) is 0 Å². The van der Waals surface area contributed by atoms with Crippen LogP contribution in [0.5, 0.6) is 0 Å². The van der Waals surface area contributed by atoms with Crippen LogP contribution in [0.15, 0.2) is 34.7 Å². The maximum Gasteiger partial charge on any atom is 0.198 e. The first-order chi connectivity index (χ1) is 18.6. The van der Waals surface area contributed by atoms with E-state index in [0.29, 0.717) is 16.2 Å². The van der Waals surface area contributed by atoms with Crippen LogP contribution in [0.25, 0.3) is 21.7 Å². The fourth-order valence-electron chi connectivity index (χ4n) is 6.56. The Morgan fingerprint density at radius 2 is 1.37 bits per heavy atom. The fraction of sp³-hybridized carbons (Fsp3) is 0.629. The minimum absolute atomic E-state index is 0.222. The zero-order chi connectivity index (χ0) is 26.7. The predicted molar refractivity (Wildman–Crippen MR) is 164 cm³/mol. The topological polar surface area (TPSA) is 13.1 Å². The van der Waals surface area contributed by atoms with Crippen molar-refractivity contribution in [3.63, 3.8) is 0 Å². The Balaban J connectivity index is 1.39. The van der Waals surface area contributed by atoms with E-state index in [1.807, 2.05) is 12.1 Å². The number of hydrogen-bond acceptors (Lipinski definition) is 2. The van der Waals surface area contributed by atoms with Gasteiger partial charge in [-0.3, -0.25) is 0 Å². The van der Waals surface area contributed by atoms with Gasteiger partial charge in [0.05, 0.1) is 0 Å². The van der Waals surface area contributed by atoms with Crippen LogP contribution in [0.4, 0.5) is 4.39 Å². The van der Waals surface area contributed by atoms with E-state index >= 15 is 4.39 Å². The molecule has 4 rings (SSSR count). The minimum Gasteiger partial charge on any atom is -0.441 e. The molecule has 38 heavy (non-hydrogen) atoms. The average Bonchev–Trinajstić information content (AvgIpc) is 2.94. The van der Waals surface area contributed by atoms with Gasteiger partial charge >= 0.3 is 0 Å². The Kier molecular flexibility index (Phi) is 11.7. The summed E-state index contributed by atoms with van der Waals surface area (Å²) in [6.45, 7) is 4.53. The molecule has 0 unspecified atom stereocenters. The van der Waals surface area contributed by atoms with E-state index in [2.05, 4.69) is 32.0 Å². The number of rotatable bonds is 15. The molecule has 1 saturated carbocycles. The first kappa shape index (κ1) is 29.2. The third-order valence-electron chi connectivity index (χ3n) is 9.01. The van der Waals surface area contributed by atoms with Gasteiger partial charge in [-0.1, -0.05) is 115 Å². The molecule has 0 saturated heterocycles. The summed E-state index contributed by atoms with van der Waals surface area (Å²) in [6.07, 6.45) is 22.9. The molecule has 0 aliphatic heterocycles. The smallest absolute Gasteiger partial charge is 0.198 e. The largest absolute Gasteiger partial charge is 0.441 e. The Hall–Kier alpha value is -1.74. The molecule has 3 aromatic rings. The molecule has 0 N–H and O–H groups in total. The summed E-state index contributed by atoms with van der Waals surface area (Å²) in [6, 6.07) is 10.7. The van der Waals surface area contributed by atoms with Crippen molar-refractivity contribution in [1.82, 2.24) is 0 Å². The standard InChI is InChI=1S/C35H49FOS/c1-3-5-7-9-10-11-12-14-16-28-21-24-31-30-23-22-29(25-32(30)35(38)37-34(31)33(28)36)27-19-17-26(18-20-27)15-13-8-6-4-2/h21-27H,3-20H2,1-2H3. The van der Waals surface area contributed by atoms with Gasteiger partial charge in [0.2, 0.25) is 0 Å². The molecule has 0 spiro atoms. The Morgan fingerprint density at radius 1 is 0.737 bits per heavy atom. The summed E-state index contributed by atoms with van der Waals surface area (Å²) >= 11 is 5.67. The third kappa shape index (κ3) is 7.68. The number of aryl methyl sites for hydroxylation is 1. The number of unbranched alkanes of at least 4 members (excludes halogenated alkanes) is 10. The summed E-state index contributed by atoms with van der Waals surface area (Å²) in [5.74, 6) is 1.28. The van der Waals surface area contributed by atoms with Gasteiger partial charge in [-0.25, -0.2) is 4.39 Å². The van der Waals surface area contributed by atoms with Gasteiger partial charge in [0.25, 0.3) is 0 Å². The van der Waals surface area contributed by atoms with Gasteiger partial charge in [-0.15, -0.1) is 0 Å². The van der Waals surface area contributed by atoms with E-state index in [-0.39, 0.29) is 5.82 Å². The second-order valence-electron chi connectivity index (χ2n) is 11.9. The normalized spacial score (nSPS) is 18.0. The molecule has 1 aliphatic carbocycles. The molecule has 1 aliphatic rings. The summed E-state index contributed by atoms with van der Waals surface area (Å²) < 4.78 is 21.9. The van der Waals surface area contributed by atoms with Crippen LogP contribution in [0.2, 0.25) is 0 Å². The van der Waals surface area contributed by atoms with Crippen LogP contribution in [0.3, 0.4) is 0 Å². The number of hydrogen-bond donors (Lipinski definition) is 0. The maximum atomic E-state index is 15.5. The average molecular weight is 537 g/mol. The van der Waals surface area contributed by atoms with E-state index in [1.165, 1.54) is 102 Å². The van der Waals surface area contributed by atoms with Crippen LogP contribution in [-0.4, -0.2) is 0 Å². The number of halogens is 1. The van der Waals surface area contributed by atoms with Crippen molar-refractivity contribution in [3.05, 3.63) is 52.0 Å². The lowest BCUT2D eigenvalue weighted by Gasteiger charge is -2.29. The fourth-order valence-corrected chi connectivity index (χ4v) is 6.81. The monoisotopic (exact) mass is 536 g/mol. The molecule has 3 heteroatoms. The molecule has 208 valence electrons.